The molecule has 0 aliphatic carbocycles. The molecule has 0 saturated carbocycles. The molecule has 2 aromatic carbocycles. The molecule has 11 heteroatoms. The van der Waals surface area contributed by atoms with Gasteiger partial charge in [0.15, 0.2) is 13.2 Å². The third-order valence-corrected chi connectivity index (χ3v) is 5.31. The van der Waals surface area contributed by atoms with Gasteiger partial charge < -0.3 is 30.0 Å². The molecule has 0 spiro atoms. The number of methoxy groups -OCH3 is 1. The van der Waals surface area contributed by atoms with E-state index in [1.54, 1.807) is 25.3 Å². The lowest BCUT2D eigenvalue weighted by Crippen LogP contribution is -2.42. The van der Waals surface area contributed by atoms with Crippen LogP contribution in [-0.4, -0.2) is 55.9 Å². The second kappa shape index (κ2) is 14.5. The summed E-state index contributed by atoms with van der Waals surface area (Å²) in [7, 11) is 1.55. The Labute approximate surface area is 213 Å². The zero-order valence-corrected chi connectivity index (χ0v) is 20.6. The molecule has 0 radical (unpaired) electrons. The number of benzene rings is 2. The maximum absolute atomic E-state index is 13.4. The molecule has 0 saturated heterocycles. The minimum atomic E-state index is -0.969. The van der Waals surface area contributed by atoms with Gasteiger partial charge in [0.2, 0.25) is 0 Å². The first-order chi connectivity index (χ1) is 16.7. The Hall–Kier alpha value is -2.85. The Morgan fingerprint density at radius 3 is 2.34 bits per heavy atom. The van der Waals surface area contributed by atoms with Crippen LogP contribution in [0.15, 0.2) is 49.1 Å². The van der Waals surface area contributed by atoms with E-state index < -0.39 is 29.8 Å². The van der Waals surface area contributed by atoms with Gasteiger partial charge in [0, 0.05) is 30.8 Å². The summed E-state index contributed by atoms with van der Waals surface area (Å²) in [6, 6.07) is 8.23. The molecule has 3 N–H and O–H groups in total. The maximum atomic E-state index is 13.4. The normalized spacial score (nSPS) is 12.4. The molecule has 35 heavy (non-hydrogen) atoms. The fourth-order valence-electron chi connectivity index (χ4n) is 2.89. The first kappa shape index (κ1) is 28.4. The van der Waals surface area contributed by atoms with Crippen molar-refractivity contribution < 1.29 is 33.3 Å². The van der Waals surface area contributed by atoms with Crippen LogP contribution in [0, 0.1) is 5.82 Å². The molecule has 0 aliphatic heterocycles. The van der Waals surface area contributed by atoms with E-state index in [1.165, 1.54) is 18.2 Å². The molecule has 0 aromatic heterocycles. The van der Waals surface area contributed by atoms with E-state index >= 15 is 0 Å². The van der Waals surface area contributed by atoms with E-state index in [0.717, 1.165) is 11.6 Å². The molecular weight excluding hydrogens is 502 g/mol. The smallest absolute Gasteiger partial charge is 0.258 e. The summed E-state index contributed by atoms with van der Waals surface area (Å²) in [5.41, 5.74) is 0.729. The highest BCUT2D eigenvalue weighted by atomic mass is 35.5. The van der Waals surface area contributed by atoms with E-state index in [-0.39, 0.29) is 37.0 Å². The number of carbonyl (C=O) groups excluding carboxylic acids is 2. The summed E-state index contributed by atoms with van der Waals surface area (Å²) in [5, 5.41) is 15.9. The van der Waals surface area contributed by atoms with Gasteiger partial charge in [-0.15, -0.1) is 6.58 Å². The standard InChI is InChI=1S/C24H27Cl2FN2O6/c1-3-16(29-24(32)14-35-18-4-6-20(25)15(8-18)12-33-2)9-17(30)11-28-23(31)13-34-19-5-7-21(26)22(27)10-19/h3-8,10,16-17,30H,1,9,11-14H2,2H3,(H,28,31)(H,29,32)/t16?,17-/m0/s1. The molecular formula is C24H27Cl2FN2O6. The van der Waals surface area contributed by atoms with Crippen LogP contribution < -0.4 is 20.1 Å². The molecule has 0 aliphatic rings. The Morgan fingerprint density at radius 2 is 1.71 bits per heavy atom. The Balaban J connectivity index is 1.71. The number of ether oxygens (including phenoxy) is 3. The Kier molecular flexibility index (Phi) is 11.8. The first-order valence-electron chi connectivity index (χ1n) is 10.6. The monoisotopic (exact) mass is 528 g/mol. The van der Waals surface area contributed by atoms with E-state index in [2.05, 4.69) is 17.2 Å². The number of rotatable bonds is 14. The lowest BCUT2D eigenvalue weighted by atomic mass is 10.1. The van der Waals surface area contributed by atoms with Crippen LogP contribution in [-0.2, 0) is 20.9 Å². The van der Waals surface area contributed by atoms with Gasteiger partial charge in [-0.3, -0.25) is 9.59 Å². The van der Waals surface area contributed by atoms with Gasteiger partial charge in [0.25, 0.3) is 11.8 Å². The average Bonchev–Trinajstić information content (AvgIpc) is 2.83. The van der Waals surface area contributed by atoms with Crippen molar-refractivity contribution in [2.45, 2.75) is 25.2 Å². The number of hydrogen-bond acceptors (Lipinski definition) is 6. The van der Waals surface area contributed by atoms with Crippen molar-refractivity contribution >= 4 is 35.0 Å². The van der Waals surface area contributed by atoms with Gasteiger partial charge in [0.05, 0.1) is 17.7 Å². The fourth-order valence-corrected chi connectivity index (χ4v) is 3.18. The number of aliphatic hydroxyl groups is 1. The van der Waals surface area contributed by atoms with Crippen molar-refractivity contribution in [3.8, 4) is 11.5 Å². The molecule has 2 atom stereocenters. The number of nitrogens with one attached hydrogen (secondary N) is 2. The molecule has 190 valence electrons. The van der Waals surface area contributed by atoms with Gasteiger partial charge in [-0.2, -0.15) is 0 Å². The predicted octanol–water partition coefficient (Wildman–Crippen LogP) is 3.27. The SMILES string of the molecule is C=CC(C[C@H](O)CNC(=O)COc1ccc(Cl)c(F)c1)NC(=O)COc1ccc(Cl)c(COC)c1. The van der Waals surface area contributed by atoms with Gasteiger partial charge in [-0.05, 0) is 42.3 Å². The van der Waals surface area contributed by atoms with Gasteiger partial charge in [-0.25, -0.2) is 4.39 Å². The van der Waals surface area contributed by atoms with E-state index in [0.29, 0.717) is 17.4 Å². The van der Waals surface area contributed by atoms with E-state index in [4.69, 9.17) is 37.4 Å². The fraction of sp³-hybridized carbons (Fsp3) is 0.333. The molecule has 0 fully saturated rings. The van der Waals surface area contributed by atoms with Crippen LogP contribution >= 0.6 is 23.2 Å². The lowest BCUT2D eigenvalue weighted by molar-refractivity contribution is -0.124. The van der Waals surface area contributed by atoms with Crippen molar-refractivity contribution in [2.75, 3.05) is 26.9 Å². The van der Waals surface area contributed by atoms with Crippen molar-refractivity contribution in [3.63, 3.8) is 0 Å². The summed E-state index contributed by atoms with van der Waals surface area (Å²) in [6.07, 6.45) is 0.613. The Bertz CT molecular complexity index is 1020. The molecule has 0 bridgehead atoms. The third-order valence-electron chi connectivity index (χ3n) is 4.64. The minimum absolute atomic E-state index is 0.0541. The van der Waals surface area contributed by atoms with Crippen LogP contribution in [0.5, 0.6) is 11.5 Å². The Morgan fingerprint density at radius 1 is 1.09 bits per heavy atom. The number of hydrogen-bond donors (Lipinski definition) is 3. The summed E-state index contributed by atoms with van der Waals surface area (Å²) < 4.78 is 29.1. The number of carbonyl (C=O) groups is 2. The molecule has 2 rings (SSSR count). The maximum Gasteiger partial charge on any atom is 0.258 e. The number of amides is 2. The van der Waals surface area contributed by atoms with Crippen LogP contribution in [0.3, 0.4) is 0 Å². The van der Waals surface area contributed by atoms with Crippen molar-refractivity contribution in [1.82, 2.24) is 10.6 Å². The number of halogens is 3. The highest BCUT2D eigenvalue weighted by Crippen LogP contribution is 2.23. The van der Waals surface area contributed by atoms with Crippen LogP contribution in [0.1, 0.15) is 12.0 Å². The van der Waals surface area contributed by atoms with Gasteiger partial charge in [-0.1, -0.05) is 29.3 Å². The van der Waals surface area contributed by atoms with Gasteiger partial charge in [0.1, 0.15) is 17.3 Å². The number of aliphatic hydroxyl groups excluding tert-OH is 1. The second-order valence-corrected chi connectivity index (χ2v) is 8.26. The largest absolute Gasteiger partial charge is 0.484 e. The highest BCUT2D eigenvalue weighted by molar-refractivity contribution is 6.31. The molecule has 8 nitrogen and oxygen atoms in total. The van der Waals surface area contributed by atoms with Crippen molar-refractivity contribution in [1.29, 1.82) is 0 Å². The zero-order chi connectivity index (χ0) is 25.8. The topological polar surface area (TPSA) is 106 Å². The zero-order valence-electron chi connectivity index (χ0n) is 19.1. The summed E-state index contributed by atoms with van der Waals surface area (Å²) >= 11 is 11.7. The van der Waals surface area contributed by atoms with Crippen LogP contribution in [0.4, 0.5) is 4.39 Å². The highest BCUT2D eigenvalue weighted by Gasteiger charge is 2.16. The predicted molar refractivity (Wildman–Crippen MR) is 130 cm³/mol. The van der Waals surface area contributed by atoms with Gasteiger partial charge >= 0.3 is 0 Å². The quantitative estimate of drug-likeness (QED) is 0.325. The van der Waals surface area contributed by atoms with Crippen LogP contribution in [0.25, 0.3) is 0 Å². The second-order valence-electron chi connectivity index (χ2n) is 7.44. The summed E-state index contributed by atoms with van der Waals surface area (Å²) in [6.45, 7) is 3.25. The van der Waals surface area contributed by atoms with E-state index in [1.807, 2.05) is 0 Å². The summed E-state index contributed by atoms with van der Waals surface area (Å²) in [5.74, 6) is -0.987. The average molecular weight is 529 g/mol. The summed E-state index contributed by atoms with van der Waals surface area (Å²) in [4.78, 5) is 24.2. The first-order valence-corrected chi connectivity index (χ1v) is 11.3. The minimum Gasteiger partial charge on any atom is -0.484 e. The lowest BCUT2D eigenvalue weighted by Gasteiger charge is -2.19. The molecule has 2 amide bonds. The molecule has 2 aromatic rings. The van der Waals surface area contributed by atoms with Crippen molar-refractivity contribution in [3.05, 3.63) is 70.5 Å². The third kappa shape index (κ3) is 10.1. The molecule has 0 heterocycles. The van der Waals surface area contributed by atoms with Crippen molar-refractivity contribution in [2.24, 2.45) is 0 Å². The van der Waals surface area contributed by atoms with Crippen LogP contribution in [0.2, 0.25) is 10.0 Å². The van der Waals surface area contributed by atoms with E-state index in [9.17, 15) is 19.1 Å². The molecule has 1 unspecified atom stereocenters.